The van der Waals surface area contributed by atoms with E-state index in [0.29, 0.717) is 17.0 Å². The number of nitrogens with two attached hydrogens (primary N) is 1. The second-order valence-corrected chi connectivity index (χ2v) is 6.46. The molecule has 0 unspecified atom stereocenters. The molecule has 150 valence electrons. The fourth-order valence-electron chi connectivity index (χ4n) is 2.63. The number of carbonyl (C=O) groups excluding carboxylic acids is 1. The van der Waals surface area contributed by atoms with Crippen LogP contribution in [0.15, 0.2) is 47.3 Å². The van der Waals surface area contributed by atoms with Gasteiger partial charge >= 0.3 is 5.97 Å². The van der Waals surface area contributed by atoms with E-state index in [1.807, 2.05) is 44.2 Å². The molecule has 2 heterocycles. The standard InChI is InChI=1S/C20H21N5O4/c1-4-16(27)28-29-19-17(14-10-11-15(26)25(24-14)12(2)3)18(22-20(21)23-19)13-8-6-5-7-9-13/h5-12H,4H2,1-3H3,(H2,21,22,23). The lowest BCUT2D eigenvalue weighted by molar-refractivity contribution is -0.214. The third kappa shape index (κ3) is 4.40. The van der Waals surface area contributed by atoms with Gasteiger partial charge in [0.05, 0.1) is 23.0 Å². The normalized spacial score (nSPS) is 10.8. The summed E-state index contributed by atoms with van der Waals surface area (Å²) in [5, 5.41) is 4.43. The molecule has 2 N–H and O–H groups in total. The van der Waals surface area contributed by atoms with E-state index in [0.717, 1.165) is 5.56 Å². The Bertz CT molecular complexity index is 1080. The highest BCUT2D eigenvalue weighted by molar-refractivity contribution is 5.83. The molecule has 3 rings (SSSR count). The maximum absolute atomic E-state index is 12.1. The van der Waals surface area contributed by atoms with Crippen LogP contribution in [-0.2, 0) is 9.68 Å². The largest absolute Gasteiger partial charge is 0.368 e. The summed E-state index contributed by atoms with van der Waals surface area (Å²) < 4.78 is 1.34. The summed E-state index contributed by atoms with van der Waals surface area (Å²) in [6.07, 6.45) is 0.123. The smallest absolute Gasteiger partial charge is 0.355 e. The summed E-state index contributed by atoms with van der Waals surface area (Å²) >= 11 is 0. The molecule has 9 nitrogen and oxygen atoms in total. The number of nitrogens with zero attached hydrogens (tertiary/aromatic N) is 4. The van der Waals surface area contributed by atoms with Crippen molar-refractivity contribution in [2.24, 2.45) is 0 Å². The average Bonchev–Trinajstić information content (AvgIpc) is 2.72. The third-order valence-electron chi connectivity index (χ3n) is 4.01. The first-order valence-corrected chi connectivity index (χ1v) is 9.11. The van der Waals surface area contributed by atoms with Crippen molar-refractivity contribution in [2.75, 3.05) is 5.73 Å². The fourth-order valence-corrected chi connectivity index (χ4v) is 2.63. The van der Waals surface area contributed by atoms with Gasteiger partial charge < -0.3 is 5.73 Å². The second kappa shape index (κ2) is 8.51. The maximum atomic E-state index is 12.1. The van der Waals surface area contributed by atoms with Crippen LogP contribution in [0.4, 0.5) is 5.95 Å². The van der Waals surface area contributed by atoms with E-state index in [2.05, 4.69) is 15.1 Å². The summed E-state index contributed by atoms with van der Waals surface area (Å²) in [5.74, 6) is -0.707. The Kier molecular flexibility index (Phi) is 5.87. The zero-order valence-corrected chi connectivity index (χ0v) is 16.3. The highest BCUT2D eigenvalue weighted by Crippen LogP contribution is 2.36. The lowest BCUT2D eigenvalue weighted by Crippen LogP contribution is -2.24. The van der Waals surface area contributed by atoms with Crippen molar-refractivity contribution < 1.29 is 14.6 Å². The van der Waals surface area contributed by atoms with Crippen LogP contribution >= 0.6 is 0 Å². The molecule has 0 aliphatic carbocycles. The van der Waals surface area contributed by atoms with E-state index in [9.17, 15) is 9.59 Å². The Hall–Kier alpha value is -3.75. The Labute approximate surface area is 167 Å². The number of rotatable bonds is 6. The van der Waals surface area contributed by atoms with Gasteiger partial charge in [-0.3, -0.25) is 9.68 Å². The molecule has 2 aromatic heterocycles. The predicted molar refractivity (Wildman–Crippen MR) is 107 cm³/mol. The van der Waals surface area contributed by atoms with Crippen molar-refractivity contribution in [1.29, 1.82) is 0 Å². The predicted octanol–water partition coefficient (Wildman–Crippen LogP) is 2.78. The minimum Gasteiger partial charge on any atom is -0.368 e. The highest BCUT2D eigenvalue weighted by Gasteiger charge is 2.22. The molecule has 9 heteroatoms. The first kappa shape index (κ1) is 20.0. The van der Waals surface area contributed by atoms with E-state index >= 15 is 0 Å². The Morgan fingerprint density at radius 1 is 1.14 bits per heavy atom. The van der Waals surface area contributed by atoms with E-state index < -0.39 is 5.97 Å². The number of hydrogen-bond donors (Lipinski definition) is 1. The average molecular weight is 395 g/mol. The van der Waals surface area contributed by atoms with Crippen molar-refractivity contribution in [2.45, 2.75) is 33.2 Å². The molecule has 0 aliphatic rings. The molecule has 0 fully saturated rings. The zero-order chi connectivity index (χ0) is 21.0. The highest BCUT2D eigenvalue weighted by atomic mass is 17.2. The second-order valence-electron chi connectivity index (χ2n) is 6.46. The van der Waals surface area contributed by atoms with Crippen LogP contribution in [0, 0.1) is 0 Å². The van der Waals surface area contributed by atoms with Crippen LogP contribution in [0.5, 0.6) is 5.88 Å². The minimum atomic E-state index is -0.575. The van der Waals surface area contributed by atoms with E-state index in [4.69, 9.17) is 15.5 Å². The Morgan fingerprint density at radius 2 is 1.86 bits per heavy atom. The Balaban J connectivity index is 2.25. The van der Waals surface area contributed by atoms with Crippen LogP contribution in [0.25, 0.3) is 22.5 Å². The first-order chi connectivity index (χ1) is 13.9. The lowest BCUT2D eigenvalue weighted by atomic mass is 10.0. The van der Waals surface area contributed by atoms with E-state index in [1.54, 1.807) is 6.92 Å². The van der Waals surface area contributed by atoms with Gasteiger partial charge in [-0.25, -0.2) is 19.3 Å². The number of carbonyl (C=O) groups is 1. The van der Waals surface area contributed by atoms with Crippen molar-refractivity contribution in [3.05, 3.63) is 52.8 Å². The first-order valence-electron chi connectivity index (χ1n) is 9.11. The third-order valence-corrected chi connectivity index (χ3v) is 4.01. The Morgan fingerprint density at radius 3 is 2.52 bits per heavy atom. The monoisotopic (exact) mass is 395 g/mol. The molecule has 3 aromatic rings. The molecule has 0 saturated heterocycles. The maximum Gasteiger partial charge on any atom is 0.355 e. The number of hydrogen-bond acceptors (Lipinski definition) is 8. The molecule has 0 saturated carbocycles. The van der Waals surface area contributed by atoms with Gasteiger partial charge in [0.1, 0.15) is 0 Å². The summed E-state index contributed by atoms with van der Waals surface area (Å²) in [6, 6.07) is 12.0. The van der Waals surface area contributed by atoms with Crippen molar-refractivity contribution in [3.8, 4) is 28.4 Å². The molecule has 1 aromatic carbocycles. The summed E-state index contributed by atoms with van der Waals surface area (Å²) in [4.78, 5) is 42.2. The van der Waals surface area contributed by atoms with Gasteiger partial charge in [-0.05, 0) is 19.9 Å². The SMILES string of the molecule is CCC(=O)OOc1nc(N)nc(-c2ccccc2)c1-c1ccc(=O)n(C(C)C)n1. The molecule has 0 spiro atoms. The van der Waals surface area contributed by atoms with Gasteiger partial charge in [-0.15, -0.1) is 0 Å². The van der Waals surface area contributed by atoms with E-state index in [-0.39, 0.29) is 29.9 Å². The molecule has 0 radical (unpaired) electrons. The number of benzene rings is 1. The van der Waals surface area contributed by atoms with Crippen LogP contribution in [0.1, 0.15) is 33.2 Å². The topological polar surface area (TPSA) is 122 Å². The van der Waals surface area contributed by atoms with Crippen LogP contribution in [0.3, 0.4) is 0 Å². The van der Waals surface area contributed by atoms with Gasteiger partial charge in [0.15, 0.2) is 0 Å². The zero-order valence-electron chi connectivity index (χ0n) is 16.3. The van der Waals surface area contributed by atoms with Gasteiger partial charge in [-0.1, -0.05) is 37.3 Å². The molecular weight excluding hydrogens is 374 g/mol. The summed E-state index contributed by atoms with van der Waals surface area (Å²) in [7, 11) is 0. The molecule has 0 atom stereocenters. The summed E-state index contributed by atoms with van der Waals surface area (Å²) in [6.45, 7) is 5.32. The minimum absolute atomic E-state index is 0.0627. The van der Waals surface area contributed by atoms with Crippen molar-refractivity contribution >= 4 is 11.9 Å². The van der Waals surface area contributed by atoms with E-state index in [1.165, 1.54) is 16.8 Å². The molecular formula is C20H21N5O4. The molecule has 0 amide bonds. The molecule has 0 aliphatic heterocycles. The van der Waals surface area contributed by atoms with Gasteiger partial charge in [0.25, 0.3) is 11.4 Å². The van der Waals surface area contributed by atoms with Crippen molar-refractivity contribution in [3.63, 3.8) is 0 Å². The number of aromatic nitrogens is 4. The quantitative estimate of drug-likeness (QED) is 0.499. The molecule has 29 heavy (non-hydrogen) atoms. The van der Waals surface area contributed by atoms with Crippen LogP contribution in [0.2, 0.25) is 0 Å². The summed E-state index contributed by atoms with van der Waals surface area (Å²) in [5.41, 5.74) is 7.50. The van der Waals surface area contributed by atoms with Crippen LogP contribution < -0.4 is 16.2 Å². The van der Waals surface area contributed by atoms with Gasteiger partial charge in [0.2, 0.25) is 5.95 Å². The molecule has 0 bridgehead atoms. The lowest BCUT2D eigenvalue weighted by Gasteiger charge is -2.15. The van der Waals surface area contributed by atoms with Crippen molar-refractivity contribution in [1.82, 2.24) is 19.7 Å². The number of anilines is 1. The van der Waals surface area contributed by atoms with Gasteiger partial charge in [0, 0.05) is 18.1 Å². The fraction of sp³-hybridized carbons (Fsp3) is 0.250. The number of nitrogen functional groups attached to an aromatic ring is 1. The van der Waals surface area contributed by atoms with Gasteiger partial charge in [-0.2, -0.15) is 10.1 Å². The van der Waals surface area contributed by atoms with Crippen LogP contribution in [-0.4, -0.2) is 25.7 Å².